The summed E-state index contributed by atoms with van der Waals surface area (Å²) < 4.78 is 5.97. The van der Waals surface area contributed by atoms with Crippen LogP contribution in [0, 0.1) is 10.8 Å². The van der Waals surface area contributed by atoms with Gasteiger partial charge in [-0.2, -0.15) is 0 Å². The molecular formula is C18H31N3O. The molecule has 3 saturated carbocycles. The molecule has 22 heavy (non-hydrogen) atoms. The summed E-state index contributed by atoms with van der Waals surface area (Å²) in [5.74, 6) is 1.15. The fraction of sp³-hybridized carbons (Fsp3) is 0.944. The lowest BCUT2D eigenvalue weighted by molar-refractivity contribution is -0.168. The van der Waals surface area contributed by atoms with Gasteiger partial charge in [0.2, 0.25) is 0 Å². The number of aliphatic imine (C=N–C) groups is 1. The minimum Gasteiger partial charge on any atom is -0.378 e. The molecule has 2 atom stereocenters. The highest BCUT2D eigenvalue weighted by atomic mass is 16.5. The van der Waals surface area contributed by atoms with Crippen LogP contribution < -0.4 is 5.32 Å². The number of likely N-dealkylation sites (tertiary alicyclic amines) is 1. The highest BCUT2D eigenvalue weighted by Crippen LogP contribution is 2.57. The number of hydrogen-bond donors (Lipinski definition) is 1. The first kappa shape index (κ1) is 14.8. The Morgan fingerprint density at radius 3 is 2.50 bits per heavy atom. The molecule has 1 aliphatic heterocycles. The van der Waals surface area contributed by atoms with E-state index in [0.29, 0.717) is 23.0 Å². The molecule has 0 bridgehead atoms. The Hall–Kier alpha value is -0.770. The normalized spacial score (nSPS) is 35.2. The van der Waals surface area contributed by atoms with Crippen LogP contribution in [0.3, 0.4) is 0 Å². The van der Waals surface area contributed by atoms with Crippen LogP contribution in [-0.2, 0) is 4.74 Å². The third kappa shape index (κ3) is 2.10. The zero-order chi connectivity index (χ0) is 15.2. The fourth-order valence-corrected chi connectivity index (χ4v) is 5.29. The fourth-order valence-electron chi connectivity index (χ4n) is 5.29. The summed E-state index contributed by atoms with van der Waals surface area (Å²) in [6.45, 7) is 5.38. The predicted octanol–water partition coefficient (Wildman–Crippen LogP) is 2.79. The molecule has 4 rings (SSSR count). The number of guanidine groups is 1. The highest BCUT2D eigenvalue weighted by Gasteiger charge is 2.59. The summed E-state index contributed by atoms with van der Waals surface area (Å²) in [7, 11) is 1.94. The number of hydrogen-bond acceptors (Lipinski definition) is 2. The zero-order valence-corrected chi connectivity index (χ0v) is 14.2. The number of rotatable bonds is 3. The van der Waals surface area contributed by atoms with Gasteiger partial charge in [-0.05, 0) is 50.9 Å². The molecule has 2 unspecified atom stereocenters. The standard InChI is InChI=1S/C18H31N3O/c1-3-22-15-12-14(18(15)8-5-9-18)20-16(19-2)21-11-10-17(13-21)6-4-7-17/h14-15H,3-13H2,1-2H3,(H,19,20). The van der Waals surface area contributed by atoms with Gasteiger partial charge in [0.05, 0.1) is 6.10 Å². The van der Waals surface area contributed by atoms with Crippen molar-refractivity contribution in [1.29, 1.82) is 0 Å². The Labute approximate surface area is 134 Å². The summed E-state index contributed by atoms with van der Waals surface area (Å²) in [5, 5.41) is 3.81. The van der Waals surface area contributed by atoms with Crippen molar-refractivity contribution in [2.24, 2.45) is 15.8 Å². The van der Waals surface area contributed by atoms with Crippen LogP contribution in [0.4, 0.5) is 0 Å². The van der Waals surface area contributed by atoms with Gasteiger partial charge in [0.25, 0.3) is 0 Å². The Morgan fingerprint density at radius 2 is 2.00 bits per heavy atom. The van der Waals surface area contributed by atoms with E-state index >= 15 is 0 Å². The van der Waals surface area contributed by atoms with Gasteiger partial charge >= 0.3 is 0 Å². The molecule has 4 aliphatic rings. The van der Waals surface area contributed by atoms with Gasteiger partial charge < -0.3 is 15.0 Å². The summed E-state index contributed by atoms with van der Waals surface area (Å²) in [4.78, 5) is 7.11. The molecular weight excluding hydrogens is 274 g/mol. The summed E-state index contributed by atoms with van der Waals surface area (Å²) >= 11 is 0. The van der Waals surface area contributed by atoms with Crippen LogP contribution in [0.1, 0.15) is 58.3 Å². The molecule has 1 heterocycles. The van der Waals surface area contributed by atoms with E-state index in [9.17, 15) is 0 Å². The smallest absolute Gasteiger partial charge is 0.193 e. The summed E-state index contributed by atoms with van der Waals surface area (Å²) in [5.41, 5.74) is 1.05. The van der Waals surface area contributed by atoms with Gasteiger partial charge in [-0.15, -0.1) is 0 Å². The lowest BCUT2D eigenvalue weighted by Crippen LogP contribution is -2.68. The largest absolute Gasteiger partial charge is 0.378 e. The Morgan fingerprint density at radius 1 is 1.23 bits per heavy atom. The Kier molecular flexibility index (Phi) is 3.63. The van der Waals surface area contributed by atoms with Crippen molar-refractivity contribution in [3.8, 4) is 0 Å². The lowest BCUT2D eigenvalue weighted by atomic mass is 9.51. The molecule has 4 nitrogen and oxygen atoms in total. The van der Waals surface area contributed by atoms with Gasteiger partial charge in [-0.3, -0.25) is 4.99 Å². The average molecular weight is 305 g/mol. The van der Waals surface area contributed by atoms with Gasteiger partial charge in [-0.1, -0.05) is 12.8 Å². The molecule has 124 valence electrons. The van der Waals surface area contributed by atoms with Crippen molar-refractivity contribution in [1.82, 2.24) is 10.2 Å². The molecule has 3 aliphatic carbocycles. The molecule has 0 aromatic rings. The number of nitrogens with one attached hydrogen (secondary N) is 1. The van der Waals surface area contributed by atoms with E-state index in [-0.39, 0.29) is 0 Å². The molecule has 1 N–H and O–H groups in total. The van der Waals surface area contributed by atoms with Gasteiger partial charge in [0, 0.05) is 38.2 Å². The van der Waals surface area contributed by atoms with Crippen LogP contribution in [0.15, 0.2) is 4.99 Å². The molecule has 4 fully saturated rings. The van der Waals surface area contributed by atoms with Crippen molar-refractivity contribution in [2.45, 2.75) is 70.4 Å². The van der Waals surface area contributed by atoms with Gasteiger partial charge in [0.15, 0.2) is 5.96 Å². The van der Waals surface area contributed by atoms with Gasteiger partial charge in [-0.25, -0.2) is 0 Å². The first-order valence-electron chi connectivity index (χ1n) is 9.31. The monoisotopic (exact) mass is 305 g/mol. The van der Waals surface area contributed by atoms with E-state index in [1.54, 1.807) is 0 Å². The molecule has 0 amide bonds. The minimum absolute atomic E-state index is 0.416. The van der Waals surface area contributed by atoms with Crippen molar-refractivity contribution >= 4 is 5.96 Å². The van der Waals surface area contributed by atoms with E-state index in [4.69, 9.17) is 4.74 Å². The summed E-state index contributed by atoms with van der Waals surface area (Å²) in [6, 6.07) is 0.578. The molecule has 1 saturated heterocycles. The summed E-state index contributed by atoms with van der Waals surface area (Å²) in [6.07, 6.45) is 11.3. The number of nitrogens with zero attached hydrogens (tertiary/aromatic N) is 2. The van der Waals surface area contributed by atoms with Crippen molar-refractivity contribution < 1.29 is 4.74 Å². The quantitative estimate of drug-likeness (QED) is 0.643. The maximum absolute atomic E-state index is 5.97. The highest BCUT2D eigenvalue weighted by molar-refractivity contribution is 5.81. The van der Waals surface area contributed by atoms with E-state index in [1.165, 1.54) is 58.0 Å². The third-order valence-corrected chi connectivity index (χ3v) is 7.10. The topological polar surface area (TPSA) is 36.9 Å². The zero-order valence-electron chi connectivity index (χ0n) is 14.2. The SMILES string of the molecule is CCOC1CC(NC(=NC)N2CCC3(CCC3)C2)C12CCC2. The maximum atomic E-state index is 5.97. The van der Waals surface area contributed by atoms with E-state index in [1.807, 2.05) is 7.05 Å². The minimum atomic E-state index is 0.416. The van der Waals surface area contributed by atoms with Crippen molar-refractivity contribution in [3.63, 3.8) is 0 Å². The van der Waals surface area contributed by atoms with E-state index < -0.39 is 0 Å². The Balaban J connectivity index is 1.38. The van der Waals surface area contributed by atoms with Crippen molar-refractivity contribution in [2.75, 3.05) is 26.7 Å². The molecule has 0 aromatic carbocycles. The molecule has 0 radical (unpaired) electrons. The van der Waals surface area contributed by atoms with Crippen molar-refractivity contribution in [3.05, 3.63) is 0 Å². The predicted molar refractivity (Wildman–Crippen MR) is 89.1 cm³/mol. The second-order valence-corrected chi connectivity index (χ2v) is 8.04. The Bertz CT molecular complexity index is 453. The maximum Gasteiger partial charge on any atom is 0.193 e. The first-order valence-corrected chi connectivity index (χ1v) is 9.31. The molecule has 4 heteroatoms. The average Bonchev–Trinajstić information content (AvgIpc) is 2.85. The van der Waals surface area contributed by atoms with Crippen LogP contribution in [-0.4, -0.2) is 49.7 Å². The van der Waals surface area contributed by atoms with Gasteiger partial charge in [0.1, 0.15) is 0 Å². The van der Waals surface area contributed by atoms with Crippen LogP contribution in [0.2, 0.25) is 0 Å². The van der Waals surface area contributed by atoms with Crippen LogP contribution >= 0.6 is 0 Å². The van der Waals surface area contributed by atoms with E-state index in [2.05, 4.69) is 22.1 Å². The second kappa shape index (κ2) is 5.40. The number of ether oxygens (including phenoxy) is 1. The molecule has 0 aromatic heterocycles. The molecule has 2 spiro atoms. The van der Waals surface area contributed by atoms with E-state index in [0.717, 1.165) is 19.0 Å². The van der Waals surface area contributed by atoms with Crippen LogP contribution in [0.25, 0.3) is 0 Å². The van der Waals surface area contributed by atoms with Crippen LogP contribution in [0.5, 0.6) is 0 Å². The first-order chi connectivity index (χ1) is 10.7. The third-order valence-electron chi connectivity index (χ3n) is 7.10. The second-order valence-electron chi connectivity index (χ2n) is 8.04. The lowest BCUT2D eigenvalue weighted by Gasteiger charge is -2.61.